The van der Waals surface area contributed by atoms with Crippen LogP contribution in [0.3, 0.4) is 0 Å². The molecule has 0 aliphatic rings. The van der Waals surface area contributed by atoms with E-state index in [9.17, 15) is 4.79 Å². The third kappa shape index (κ3) is 3.54. The molecule has 0 amide bonds. The van der Waals surface area contributed by atoms with E-state index in [-0.39, 0.29) is 5.56 Å². The zero-order chi connectivity index (χ0) is 13.4. The molecule has 0 N–H and O–H groups in total. The summed E-state index contributed by atoms with van der Waals surface area (Å²) in [7, 11) is -3.56. The van der Waals surface area contributed by atoms with Crippen molar-refractivity contribution in [1.82, 2.24) is 9.22 Å². The molecule has 4 nitrogen and oxygen atoms in total. The second-order valence-electron chi connectivity index (χ2n) is 6.25. The number of nitrogens with zero attached hydrogens (tertiary/aromatic N) is 2. The molecule has 0 radical (unpaired) electrons. The van der Waals surface area contributed by atoms with Crippen LogP contribution in [0.2, 0.25) is 39.3 Å². The average molecular weight is 270 g/mol. The summed E-state index contributed by atoms with van der Waals surface area (Å²) < 4.78 is 7.70. The third-order valence-corrected chi connectivity index (χ3v) is 4.70. The normalized spacial score (nSPS) is 12.6. The average Bonchev–Trinajstić information content (AvgIpc) is 2.06. The van der Waals surface area contributed by atoms with Gasteiger partial charge in [0.1, 0.15) is 0 Å². The van der Waals surface area contributed by atoms with Crippen molar-refractivity contribution < 1.29 is 4.43 Å². The van der Waals surface area contributed by atoms with Crippen molar-refractivity contribution >= 4 is 16.6 Å². The molecule has 1 heterocycles. The minimum atomic E-state index is -1.81. The summed E-state index contributed by atoms with van der Waals surface area (Å²) >= 11 is 0. The Balaban J connectivity index is 3.42. The van der Waals surface area contributed by atoms with Gasteiger partial charge in [0.15, 0.2) is 8.24 Å². The summed E-state index contributed by atoms with van der Waals surface area (Å²) in [6.07, 6.45) is 1.61. The van der Waals surface area contributed by atoms with Crippen LogP contribution in [-0.2, 0) is 0 Å². The molecule has 0 aliphatic heterocycles. The second-order valence-corrected chi connectivity index (χ2v) is 15.5. The van der Waals surface area contributed by atoms with Crippen molar-refractivity contribution in [2.45, 2.75) is 46.2 Å². The molecular formula is C11H22N2O2Si2. The lowest BCUT2D eigenvalue weighted by Crippen LogP contribution is -2.45. The predicted molar refractivity (Wildman–Crippen MR) is 76.0 cm³/mol. The predicted octanol–water partition coefficient (Wildman–Crippen LogP) is 2.45. The zero-order valence-electron chi connectivity index (χ0n) is 11.8. The third-order valence-electron chi connectivity index (χ3n) is 2.17. The first-order chi connectivity index (χ1) is 7.52. The van der Waals surface area contributed by atoms with Crippen LogP contribution in [-0.4, -0.2) is 25.8 Å². The molecule has 0 unspecified atom stereocenters. The maximum absolute atomic E-state index is 12.2. The largest absolute Gasteiger partial charge is 0.519 e. The topological polar surface area (TPSA) is 44.1 Å². The summed E-state index contributed by atoms with van der Waals surface area (Å²) in [5, 5.41) is 0. The van der Waals surface area contributed by atoms with E-state index in [1.165, 1.54) is 0 Å². The first-order valence-electron chi connectivity index (χ1n) is 5.80. The van der Waals surface area contributed by atoms with Crippen LogP contribution < -0.4 is 9.99 Å². The molecule has 6 heteroatoms. The number of hydrogen-bond donors (Lipinski definition) is 0. The smallest absolute Gasteiger partial charge is 0.276 e. The van der Waals surface area contributed by atoms with E-state index in [2.05, 4.69) is 44.3 Å². The van der Waals surface area contributed by atoms with Gasteiger partial charge in [-0.2, -0.15) is 0 Å². The fraction of sp³-hybridized carbons (Fsp3) is 0.636. The Morgan fingerprint density at radius 2 is 1.71 bits per heavy atom. The van der Waals surface area contributed by atoms with Crippen LogP contribution in [0.1, 0.15) is 5.56 Å². The Kier molecular flexibility index (Phi) is 3.68. The fourth-order valence-corrected chi connectivity index (χ4v) is 3.71. The molecule has 1 rings (SSSR count). The van der Waals surface area contributed by atoms with Gasteiger partial charge in [0, 0.05) is 11.8 Å². The van der Waals surface area contributed by atoms with Gasteiger partial charge in [-0.3, -0.25) is 9.03 Å². The Morgan fingerprint density at radius 1 is 1.18 bits per heavy atom. The van der Waals surface area contributed by atoms with Gasteiger partial charge in [-0.25, -0.2) is 4.98 Å². The highest BCUT2D eigenvalue weighted by Gasteiger charge is 2.27. The van der Waals surface area contributed by atoms with Crippen LogP contribution in [0.4, 0.5) is 0 Å². The molecule has 17 heavy (non-hydrogen) atoms. The molecule has 0 bridgehead atoms. The molecule has 0 fully saturated rings. The number of rotatable bonds is 3. The first-order valence-corrected chi connectivity index (χ1v) is 12.7. The van der Waals surface area contributed by atoms with Gasteiger partial charge in [-0.15, -0.1) is 0 Å². The quantitative estimate of drug-likeness (QED) is 0.793. The summed E-state index contributed by atoms with van der Waals surface area (Å²) in [5.74, 6) is 0. The van der Waals surface area contributed by atoms with E-state index in [0.29, 0.717) is 11.6 Å². The van der Waals surface area contributed by atoms with Gasteiger partial charge in [0.2, 0.25) is 8.32 Å². The minimum absolute atomic E-state index is 0.0346. The highest BCUT2D eigenvalue weighted by atomic mass is 28.4. The lowest BCUT2D eigenvalue weighted by molar-refractivity contribution is 0.492. The molecular weight excluding hydrogens is 248 g/mol. The van der Waals surface area contributed by atoms with Gasteiger partial charge in [-0.1, -0.05) is 19.6 Å². The minimum Gasteiger partial charge on any atom is -0.519 e. The van der Waals surface area contributed by atoms with E-state index < -0.39 is 16.6 Å². The molecule has 0 aliphatic carbocycles. The highest BCUT2D eigenvalue weighted by molar-refractivity contribution is 6.75. The van der Waals surface area contributed by atoms with Crippen molar-refractivity contribution in [3.8, 4) is 6.01 Å². The van der Waals surface area contributed by atoms with Crippen molar-refractivity contribution in [2.24, 2.45) is 0 Å². The van der Waals surface area contributed by atoms with Gasteiger partial charge < -0.3 is 4.43 Å². The van der Waals surface area contributed by atoms with Gasteiger partial charge in [0.05, 0.1) is 0 Å². The van der Waals surface area contributed by atoms with Crippen molar-refractivity contribution in [2.75, 3.05) is 0 Å². The van der Waals surface area contributed by atoms with Crippen LogP contribution >= 0.6 is 0 Å². The highest BCUT2D eigenvalue weighted by Crippen LogP contribution is 2.16. The summed E-state index contributed by atoms with van der Waals surface area (Å²) in [5.41, 5.74) is 0.711. The molecule has 0 saturated heterocycles. The van der Waals surface area contributed by atoms with Crippen LogP contribution in [0.25, 0.3) is 0 Å². The molecule has 0 spiro atoms. The Labute approximate surface area is 105 Å². The van der Waals surface area contributed by atoms with Gasteiger partial charge >= 0.3 is 0 Å². The number of hydrogen-bond acceptors (Lipinski definition) is 3. The lowest BCUT2D eigenvalue weighted by Gasteiger charge is -2.27. The van der Waals surface area contributed by atoms with Crippen molar-refractivity contribution in [3.63, 3.8) is 0 Å². The second kappa shape index (κ2) is 4.41. The monoisotopic (exact) mass is 270 g/mol. The molecule has 0 saturated carbocycles. The SMILES string of the molecule is Cc1cnc(O[Si](C)(C)C)n([Si](C)(C)C)c1=O. The van der Waals surface area contributed by atoms with E-state index in [4.69, 9.17) is 4.43 Å². The van der Waals surface area contributed by atoms with Crippen LogP contribution in [0, 0.1) is 6.92 Å². The summed E-state index contributed by atoms with van der Waals surface area (Å²) in [6.45, 7) is 14.4. The Bertz CT molecular complexity index is 470. The maximum atomic E-state index is 12.2. The van der Waals surface area contributed by atoms with Crippen molar-refractivity contribution in [1.29, 1.82) is 0 Å². The van der Waals surface area contributed by atoms with E-state index in [1.54, 1.807) is 17.4 Å². The van der Waals surface area contributed by atoms with E-state index >= 15 is 0 Å². The first kappa shape index (κ1) is 14.2. The lowest BCUT2D eigenvalue weighted by atomic mass is 10.4. The summed E-state index contributed by atoms with van der Waals surface area (Å²) in [6, 6.07) is 0.499. The zero-order valence-corrected chi connectivity index (χ0v) is 13.8. The molecule has 96 valence electrons. The molecule has 0 atom stereocenters. The van der Waals surface area contributed by atoms with Crippen LogP contribution in [0.5, 0.6) is 6.01 Å². The molecule has 1 aromatic rings. The maximum Gasteiger partial charge on any atom is 0.276 e. The number of aromatic nitrogens is 2. The van der Waals surface area contributed by atoms with Gasteiger partial charge in [-0.05, 0) is 26.6 Å². The fourth-order valence-electron chi connectivity index (χ4n) is 1.47. The van der Waals surface area contributed by atoms with Crippen LogP contribution in [0.15, 0.2) is 11.0 Å². The summed E-state index contributed by atoms with van der Waals surface area (Å²) in [4.78, 5) is 16.5. The standard InChI is InChI=1S/C11H22N2O2Si2/c1-9-8-12-11(15-17(5,6)7)13(10(9)14)16(2,3)4/h8H,1-7H3. The molecule has 0 aromatic carbocycles. The van der Waals surface area contributed by atoms with E-state index in [1.807, 2.05) is 0 Å². The van der Waals surface area contributed by atoms with Crippen molar-refractivity contribution in [3.05, 3.63) is 22.1 Å². The molecule has 1 aromatic heterocycles. The Morgan fingerprint density at radius 3 is 2.12 bits per heavy atom. The Hall–Kier alpha value is -0.886. The van der Waals surface area contributed by atoms with E-state index in [0.717, 1.165) is 0 Å². The number of aryl methyl sites for hydroxylation is 1. The van der Waals surface area contributed by atoms with Gasteiger partial charge in [0.25, 0.3) is 11.6 Å².